The predicted octanol–water partition coefficient (Wildman–Crippen LogP) is 4.34. The summed E-state index contributed by atoms with van der Waals surface area (Å²) in [6, 6.07) is 4.95. The van der Waals surface area contributed by atoms with Gasteiger partial charge in [-0.25, -0.2) is 0 Å². The molecule has 1 aromatic rings. The van der Waals surface area contributed by atoms with Crippen LogP contribution in [0.2, 0.25) is 5.02 Å². The Morgan fingerprint density at radius 1 is 1.37 bits per heavy atom. The second-order valence-electron chi connectivity index (χ2n) is 4.23. The summed E-state index contributed by atoms with van der Waals surface area (Å²) in [5.74, 6) is 0.582. The molecule has 0 bridgehead atoms. The van der Waals surface area contributed by atoms with Crippen LogP contribution in [-0.4, -0.2) is 20.3 Å². The van der Waals surface area contributed by atoms with Crippen molar-refractivity contribution in [3.8, 4) is 5.75 Å². The van der Waals surface area contributed by atoms with Crippen LogP contribution in [0.3, 0.4) is 0 Å². The van der Waals surface area contributed by atoms with Crippen molar-refractivity contribution in [2.75, 3.05) is 14.2 Å². The molecule has 0 saturated carbocycles. The Morgan fingerprint density at radius 2 is 2.05 bits per heavy atom. The lowest BCUT2D eigenvalue weighted by molar-refractivity contribution is -0.135. The minimum absolute atomic E-state index is 0.0702. The first-order chi connectivity index (χ1) is 8.87. The molecule has 6 heteroatoms. The van der Waals surface area contributed by atoms with Gasteiger partial charge in [0.15, 0.2) is 0 Å². The lowest BCUT2D eigenvalue weighted by Gasteiger charge is -2.20. The second-order valence-corrected chi connectivity index (χ2v) is 4.67. The van der Waals surface area contributed by atoms with Crippen LogP contribution in [0.25, 0.3) is 0 Å². The van der Waals surface area contributed by atoms with Gasteiger partial charge >= 0.3 is 6.18 Å². The molecule has 0 saturated heterocycles. The first kappa shape index (κ1) is 16.1. The zero-order chi connectivity index (χ0) is 14.5. The summed E-state index contributed by atoms with van der Waals surface area (Å²) in [7, 11) is 3.23. The Hall–Kier alpha value is -0.940. The first-order valence-corrected chi connectivity index (χ1v) is 6.32. The van der Waals surface area contributed by atoms with E-state index >= 15 is 0 Å². The number of ether oxygens (including phenoxy) is 1. The van der Waals surface area contributed by atoms with Crippen molar-refractivity contribution in [2.24, 2.45) is 0 Å². The Bertz CT molecular complexity index is 409. The van der Waals surface area contributed by atoms with Crippen molar-refractivity contribution in [1.29, 1.82) is 0 Å². The maximum atomic E-state index is 12.1. The minimum Gasteiger partial charge on any atom is -0.496 e. The lowest BCUT2D eigenvalue weighted by atomic mass is 10.00. The average molecular weight is 296 g/mol. The maximum absolute atomic E-state index is 12.1. The van der Waals surface area contributed by atoms with Crippen LogP contribution < -0.4 is 10.1 Å². The molecular formula is C13H17ClF3NO. The van der Waals surface area contributed by atoms with E-state index in [0.29, 0.717) is 17.2 Å². The second kappa shape index (κ2) is 7.01. The SMILES string of the molecule is CNC(CCCC(F)(F)F)c1ccc(Cl)cc1OC. The standard InChI is InChI=1S/C13H17ClF3NO/c1-18-11(4-3-7-13(15,16)17)10-6-5-9(14)8-12(10)19-2/h5-6,8,11,18H,3-4,7H2,1-2H3. The number of alkyl halides is 3. The van der Waals surface area contributed by atoms with Gasteiger partial charge < -0.3 is 10.1 Å². The highest BCUT2D eigenvalue weighted by molar-refractivity contribution is 6.30. The van der Waals surface area contributed by atoms with Gasteiger partial charge in [0.2, 0.25) is 0 Å². The molecule has 0 aliphatic heterocycles. The van der Waals surface area contributed by atoms with Crippen LogP contribution in [-0.2, 0) is 0 Å². The number of nitrogens with one attached hydrogen (secondary N) is 1. The predicted molar refractivity (Wildman–Crippen MR) is 69.7 cm³/mol. The molecule has 1 unspecified atom stereocenters. The molecular weight excluding hydrogens is 279 g/mol. The normalized spacial score (nSPS) is 13.4. The largest absolute Gasteiger partial charge is 0.496 e. The quantitative estimate of drug-likeness (QED) is 0.843. The van der Waals surface area contributed by atoms with Crippen molar-refractivity contribution in [3.63, 3.8) is 0 Å². The van der Waals surface area contributed by atoms with Gasteiger partial charge in [0.25, 0.3) is 0 Å². The zero-order valence-corrected chi connectivity index (χ0v) is 11.6. The summed E-state index contributed by atoms with van der Waals surface area (Å²) in [5, 5.41) is 3.54. The number of hydrogen-bond donors (Lipinski definition) is 1. The Labute approximate surface area is 115 Å². The van der Waals surface area contributed by atoms with E-state index < -0.39 is 12.6 Å². The molecule has 1 aromatic carbocycles. The fraction of sp³-hybridized carbons (Fsp3) is 0.538. The van der Waals surface area contributed by atoms with Gasteiger partial charge in [-0.05, 0) is 32.0 Å². The van der Waals surface area contributed by atoms with Crippen LogP contribution >= 0.6 is 11.6 Å². The molecule has 19 heavy (non-hydrogen) atoms. The first-order valence-electron chi connectivity index (χ1n) is 5.95. The van der Waals surface area contributed by atoms with E-state index in [9.17, 15) is 13.2 Å². The monoisotopic (exact) mass is 295 g/mol. The molecule has 1 atom stereocenters. The van der Waals surface area contributed by atoms with Crippen LogP contribution in [0.4, 0.5) is 13.2 Å². The Kier molecular flexibility index (Phi) is 5.94. The minimum atomic E-state index is -4.11. The third-order valence-electron chi connectivity index (χ3n) is 2.87. The fourth-order valence-corrected chi connectivity index (χ4v) is 2.10. The zero-order valence-electron chi connectivity index (χ0n) is 10.9. The highest BCUT2D eigenvalue weighted by Crippen LogP contribution is 2.32. The van der Waals surface area contributed by atoms with Crippen molar-refractivity contribution >= 4 is 11.6 Å². The molecule has 0 aromatic heterocycles. The highest BCUT2D eigenvalue weighted by Gasteiger charge is 2.27. The van der Waals surface area contributed by atoms with E-state index in [2.05, 4.69) is 5.32 Å². The Balaban J connectivity index is 2.74. The third kappa shape index (κ3) is 5.28. The van der Waals surface area contributed by atoms with Crippen molar-refractivity contribution in [2.45, 2.75) is 31.5 Å². The molecule has 0 heterocycles. The molecule has 0 fully saturated rings. The number of rotatable bonds is 6. The molecule has 1 rings (SSSR count). The van der Waals surface area contributed by atoms with Crippen molar-refractivity contribution in [1.82, 2.24) is 5.32 Å². The third-order valence-corrected chi connectivity index (χ3v) is 3.11. The van der Waals surface area contributed by atoms with Gasteiger partial charge in [-0.2, -0.15) is 13.2 Å². The van der Waals surface area contributed by atoms with Gasteiger partial charge in [-0.15, -0.1) is 0 Å². The van der Waals surface area contributed by atoms with E-state index in [1.807, 2.05) is 0 Å². The van der Waals surface area contributed by atoms with Crippen LogP contribution in [0.15, 0.2) is 18.2 Å². The van der Waals surface area contributed by atoms with Gasteiger partial charge in [0.05, 0.1) is 7.11 Å². The van der Waals surface area contributed by atoms with Crippen molar-refractivity contribution < 1.29 is 17.9 Å². The number of methoxy groups -OCH3 is 1. The molecule has 0 amide bonds. The molecule has 0 aliphatic rings. The topological polar surface area (TPSA) is 21.3 Å². The van der Waals surface area contributed by atoms with Crippen LogP contribution in [0.1, 0.15) is 30.9 Å². The molecule has 108 valence electrons. The average Bonchev–Trinajstić information content (AvgIpc) is 2.34. The van der Waals surface area contributed by atoms with Crippen molar-refractivity contribution in [3.05, 3.63) is 28.8 Å². The number of hydrogen-bond acceptors (Lipinski definition) is 2. The van der Waals surface area contributed by atoms with E-state index in [0.717, 1.165) is 5.56 Å². The van der Waals surface area contributed by atoms with Gasteiger partial charge in [-0.3, -0.25) is 0 Å². The van der Waals surface area contributed by atoms with Gasteiger partial charge in [0.1, 0.15) is 5.75 Å². The molecule has 0 spiro atoms. The summed E-state index contributed by atoms with van der Waals surface area (Å²) < 4.78 is 41.7. The summed E-state index contributed by atoms with van der Waals surface area (Å²) >= 11 is 5.86. The number of halogens is 4. The fourth-order valence-electron chi connectivity index (χ4n) is 1.93. The molecule has 0 radical (unpaired) electrons. The summed E-state index contributed by atoms with van der Waals surface area (Å²) in [5.41, 5.74) is 0.816. The molecule has 0 aliphatic carbocycles. The summed E-state index contributed by atoms with van der Waals surface area (Å²) in [6.07, 6.45) is -4.43. The number of benzene rings is 1. The Morgan fingerprint density at radius 3 is 2.58 bits per heavy atom. The maximum Gasteiger partial charge on any atom is 0.389 e. The smallest absolute Gasteiger partial charge is 0.389 e. The molecule has 1 N–H and O–H groups in total. The van der Waals surface area contributed by atoms with E-state index in [1.165, 1.54) is 7.11 Å². The summed E-state index contributed by atoms with van der Waals surface area (Å²) in [6.45, 7) is 0. The summed E-state index contributed by atoms with van der Waals surface area (Å²) in [4.78, 5) is 0. The molecule has 2 nitrogen and oxygen atoms in total. The lowest BCUT2D eigenvalue weighted by Crippen LogP contribution is -2.18. The van der Waals surface area contributed by atoms with Crippen LogP contribution in [0.5, 0.6) is 5.75 Å². The van der Waals surface area contributed by atoms with Gasteiger partial charge in [0, 0.05) is 23.0 Å². The van der Waals surface area contributed by atoms with E-state index in [4.69, 9.17) is 16.3 Å². The van der Waals surface area contributed by atoms with E-state index in [1.54, 1.807) is 25.2 Å². The highest BCUT2D eigenvalue weighted by atomic mass is 35.5. The van der Waals surface area contributed by atoms with Crippen LogP contribution in [0, 0.1) is 0 Å². The van der Waals surface area contributed by atoms with E-state index in [-0.39, 0.29) is 12.5 Å². The van der Waals surface area contributed by atoms with Gasteiger partial charge in [-0.1, -0.05) is 17.7 Å².